The number of hydrogen-bond acceptors (Lipinski definition) is 5. The van der Waals surface area contributed by atoms with Gasteiger partial charge in [-0.05, 0) is 19.1 Å². The molecule has 15 heavy (non-hydrogen) atoms. The average molecular weight is 226 g/mol. The molecule has 2 rings (SSSR count). The van der Waals surface area contributed by atoms with Gasteiger partial charge in [0.2, 0.25) is 0 Å². The fourth-order valence-electron chi connectivity index (χ4n) is 1.39. The Morgan fingerprint density at radius 1 is 1.73 bits per heavy atom. The van der Waals surface area contributed by atoms with Gasteiger partial charge in [-0.1, -0.05) is 11.8 Å². The van der Waals surface area contributed by atoms with Crippen LogP contribution >= 0.6 is 11.8 Å². The summed E-state index contributed by atoms with van der Waals surface area (Å²) in [5, 5.41) is -0.238. The predicted octanol–water partition coefficient (Wildman–Crippen LogP) is 1.03. The molecule has 2 heterocycles. The molecule has 0 aromatic heterocycles. The summed E-state index contributed by atoms with van der Waals surface area (Å²) in [5.74, 6) is -0.705. The number of hydrogen-bond donors (Lipinski definition) is 0. The minimum atomic E-state index is -0.780. The molecule has 0 N–H and O–H groups in total. The molecule has 4 nitrogen and oxygen atoms in total. The highest BCUT2D eigenvalue weighted by atomic mass is 32.2. The molecule has 0 saturated heterocycles. The fraction of sp³-hybridized carbons (Fsp3) is 0.400. The second kappa shape index (κ2) is 4.10. The van der Waals surface area contributed by atoms with Gasteiger partial charge in [-0.25, -0.2) is 0 Å². The van der Waals surface area contributed by atoms with Crippen LogP contribution in [0.5, 0.6) is 0 Å². The summed E-state index contributed by atoms with van der Waals surface area (Å²) in [6, 6.07) is 0. The van der Waals surface area contributed by atoms with Gasteiger partial charge in [0.05, 0.1) is 12.2 Å². The minimum absolute atomic E-state index is 0.218. The first-order chi connectivity index (χ1) is 7.24. The van der Waals surface area contributed by atoms with E-state index in [4.69, 9.17) is 9.47 Å². The number of carbonyl (C=O) groups is 2. The van der Waals surface area contributed by atoms with Gasteiger partial charge in [-0.15, -0.1) is 0 Å². The standard InChI is InChI=1S/C10H10O4S/c1-2-13-9(12)8-7(11)6-4-3-5-14-10(6)15-8/h3-4,8H,2,5H2,1H3. The van der Waals surface area contributed by atoms with Crippen LogP contribution in [0.25, 0.3) is 0 Å². The molecule has 5 heteroatoms. The molecule has 0 radical (unpaired) electrons. The number of rotatable bonds is 2. The zero-order valence-electron chi connectivity index (χ0n) is 8.19. The highest BCUT2D eigenvalue weighted by Crippen LogP contribution is 2.38. The molecule has 80 valence electrons. The van der Waals surface area contributed by atoms with Gasteiger partial charge in [0, 0.05) is 0 Å². The summed E-state index contributed by atoms with van der Waals surface area (Å²) < 4.78 is 10.1. The molecule has 0 aromatic carbocycles. The van der Waals surface area contributed by atoms with E-state index in [1.54, 1.807) is 19.1 Å². The maximum absolute atomic E-state index is 11.7. The summed E-state index contributed by atoms with van der Waals surface area (Å²) in [4.78, 5) is 23.2. The van der Waals surface area contributed by atoms with Crippen LogP contribution in [0.2, 0.25) is 0 Å². The number of thioether (sulfide) groups is 1. The number of Topliss-reactive ketones (excluding diaryl/α,β-unsaturated/α-hetero) is 1. The molecule has 2 aliphatic heterocycles. The van der Waals surface area contributed by atoms with Crippen molar-refractivity contribution in [3.63, 3.8) is 0 Å². The summed E-state index contributed by atoms with van der Waals surface area (Å²) in [6.45, 7) is 2.45. The Hall–Kier alpha value is -1.23. The van der Waals surface area contributed by atoms with E-state index in [2.05, 4.69) is 0 Å². The van der Waals surface area contributed by atoms with E-state index in [0.29, 0.717) is 17.3 Å². The molecule has 0 bridgehead atoms. The Bertz CT molecular complexity index is 370. The van der Waals surface area contributed by atoms with Crippen LogP contribution in [0.3, 0.4) is 0 Å². The Labute approximate surface area is 91.3 Å². The summed E-state index contributed by atoms with van der Waals surface area (Å²) >= 11 is 1.13. The van der Waals surface area contributed by atoms with Crippen LogP contribution in [-0.2, 0) is 19.1 Å². The number of carbonyl (C=O) groups excluding carboxylic acids is 2. The predicted molar refractivity (Wildman–Crippen MR) is 55.1 cm³/mol. The number of allylic oxidation sites excluding steroid dienone is 2. The van der Waals surface area contributed by atoms with E-state index < -0.39 is 11.2 Å². The largest absolute Gasteiger partial charge is 0.482 e. The normalized spacial score (nSPS) is 23.8. The zero-order valence-corrected chi connectivity index (χ0v) is 9.00. The van der Waals surface area contributed by atoms with Crippen LogP contribution in [-0.4, -0.2) is 30.2 Å². The van der Waals surface area contributed by atoms with Gasteiger partial charge in [0.1, 0.15) is 6.61 Å². The highest BCUT2D eigenvalue weighted by Gasteiger charge is 2.40. The van der Waals surface area contributed by atoms with Gasteiger partial charge >= 0.3 is 5.97 Å². The van der Waals surface area contributed by atoms with E-state index in [0.717, 1.165) is 11.8 Å². The third-order valence-electron chi connectivity index (χ3n) is 2.04. The lowest BCUT2D eigenvalue weighted by molar-refractivity contribution is -0.144. The number of esters is 1. The van der Waals surface area contributed by atoms with Crippen LogP contribution in [0, 0.1) is 0 Å². The third kappa shape index (κ3) is 1.79. The summed E-state index contributed by atoms with van der Waals surface area (Å²) in [6.07, 6.45) is 3.46. The zero-order chi connectivity index (χ0) is 10.8. The first-order valence-corrected chi connectivity index (χ1v) is 5.53. The van der Waals surface area contributed by atoms with Gasteiger partial charge < -0.3 is 9.47 Å². The highest BCUT2D eigenvalue weighted by molar-refractivity contribution is 8.05. The van der Waals surface area contributed by atoms with E-state index in [1.807, 2.05) is 0 Å². The lowest BCUT2D eigenvalue weighted by Gasteiger charge is -2.08. The van der Waals surface area contributed by atoms with Crippen molar-refractivity contribution in [1.82, 2.24) is 0 Å². The fourth-order valence-corrected chi connectivity index (χ4v) is 2.43. The lowest BCUT2D eigenvalue weighted by Crippen LogP contribution is -2.26. The Kier molecular flexibility index (Phi) is 2.81. The van der Waals surface area contributed by atoms with E-state index in [1.165, 1.54) is 0 Å². The quantitative estimate of drug-likeness (QED) is 0.520. The number of ether oxygens (including phenoxy) is 2. The van der Waals surface area contributed by atoms with Gasteiger partial charge in [0.15, 0.2) is 16.1 Å². The molecule has 1 unspecified atom stereocenters. The van der Waals surface area contributed by atoms with Gasteiger partial charge in [-0.3, -0.25) is 9.59 Å². The van der Waals surface area contributed by atoms with E-state index in [-0.39, 0.29) is 12.4 Å². The molecule has 0 aromatic rings. The van der Waals surface area contributed by atoms with Crippen LogP contribution in [0.4, 0.5) is 0 Å². The second-order valence-corrected chi connectivity index (χ2v) is 4.11. The summed E-state index contributed by atoms with van der Waals surface area (Å²) in [5.41, 5.74) is 0.490. The smallest absolute Gasteiger partial charge is 0.327 e. The Morgan fingerprint density at radius 3 is 3.20 bits per heavy atom. The van der Waals surface area contributed by atoms with Crippen LogP contribution in [0.15, 0.2) is 22.8 Å². The van der Waals surface area contributed by atoms with Crippen LogP contribution in [0.1, 0.15) is 6.92 Å². The second-order valence-electron chi connectivity index (χ2n) is 3.03. The van der Waals surface area contributed by atoms with E-state index in [9.17, 15) is 9.59 Å². The molecular weight excluding hydrogens is 216 g/mol. The SMILES string of the molecule is CCOC(=O)C1SC2=C(C=CCO2)C1=O. The molecule has 0 fully saturated rings. The van der Waals surface area contributed by atoms with Gasteiger partial charge in [-0.2, -0.15) is 0 Å². The van der Waals surface area contributed by atoms with Crippen molar-refractivity contribution in [3.05, 3.63) is 22.8 Å². The summed E-state index contributed by atoms with van der Waals surface area (Å²) in [7, 11) is 0. The topological polar surface area (TPSA) is 52.6 Å². The first kappa shape index (κ1) is 10.3. The van der Waals surface area contributed by atoms with Gasteiger partial charge in [0.25, 0.3) is 0 Å². The third-order valence-corrected chi connectivity index (χ3v) is 3.24. The van der Waals surface area contributed by atoms with Crippen LogP contribution < -0.4 is 0 Å². The van der Waals surface area contributed by atoms with Crippen molar-refractivity contribution in [1.29, 1.82) is 0 Å². The molecule has 0 spiro atoms. The molecule has 2 aliphatic rings. The molecule has 1 atom stereocenters. The minimum Gasteiger partial charge on any atom is -0.482 e. The lowest BCUT2D eigenvalue weighted by atomic mass is 10.1. The van der Waals surface area contributed by atoms with Crippen molar-refractivity contribution >= 4 is 23.5 Å². The molecule has 0 amide bonds. The number of ketones is 1. The van der Waals surface area contributed by atoms with Crippen molar-refractivity contribution < 1.29 is 19.1 Å². The van der Waals surface area contributed by atoms with Crippen molar-refractivity contribution in [2.24, 2.45) is 0 Å². The Morgan fingerprint density at radius 2 is 2.53 bits per heavy atom. The van der Waals surface area contributed by atoms with Crippen molar-refractivity contribution in [2.45, 2.75) is 12.2 Å². The maximum Gasteiger partial charge on any atom is 0.327 e. The van der Waals surface area contributed by atoms with Crippen molar-refractivity contribution in [2.75, 3.05) is 13.2 Å². The maximum atomic E-state index is 11.7. The van der Waals surface area contributed by atoms with E-state index >= 15 is 0 Å². The molecule has 0 saturated carbocycles. The molecular formula is C10H10O4S. The van der Waals surface area contributed by atoms with Crippen molar-refractivity contribution in [3.8, 4) is 0 Å². The Balaban J connectivity index is 2.13. The first-order valence-electron chi connectivity index (χ1n) is 4.65. The molecule has 0 aliphatic carbocycles. The average Bonchev–Trinajstić information content (AvgIpc) is 2.57. The monoisotopic (exact) mass is 226 g/mol.